The van der Waals surface area contributed by atoms with E-state index in [0.29, 0.717) is 0 Å². The van der Waals surface area contributed by atoms with Crippen molar-refractivity contribution in [2.24, 2.45) is 0 Å². The Morgan fingerprint density at radius 2 is 1.11 bits per heavy atom. The van der Waals surface area contributed by atoms with Gasteiger partial charge >= 0.3 is 0 Å². The molecule has 2 nitrogen and oxygen atoms in total. The molecule has 0 saturated carbocycles. The second-order valence-electron chi connectivity index (χ2n) is 12.6. The topological polar surface area (TPSA) is 8.17 Å². The van der Waals surface area contributed by atoms with Gasteiger partial charge in [-0.3, -0.25) is 0 Å². The van der Waals surface area contributed by atoms with Gasteiger partial charge in [0.2, 0.25) is 0 Å². The fourth-order valence-electron chi connectivity index (χ4n) is 7.64. The van der Waals surface area contributed by atoms with Gasteiger partial charge in [-0.25, -0.2) is 0 Å². The number of anilines is 3. The maximum atomic E-state index is 2.39. The summed E-state index contributed by atoms with van der Waals surface area (Å²) in [6, 6.07) is 57.5. The van der Waals surface area contributed by atoms with Gasteiger partial charge in [0.15, 0.2) is 0 Å². The summed E-state index contributed by atoms with van der Waals surface area (Å²) in [6.07, 6.45) is 0. The van der Waals surface area contributed by atoms with Gasteiger partial charge in [0.05, 0.1) is 11.0 Å². The number of nitrogens with zero attached hydrogens (tertiary/aromatic N) is 2. The van der Waals surface area contributed by atoms with Crippen LogP contribution < -0.4 is 4.90 Å². The lowest BCUT2D eigenvalue weighted by Crippen LogP contribution is -2.14. The Kier molecular flexibility index (Phi) is 5.58. The average molecular weight is 577 g/mol. The van der Waals surface area contributed by atoms with E-state index < -0.39 is 0 Å². The summed E-state index contributed by atoms with van der Waals surface area (Å²) >= 11 is 0. The van der Waals surface area contributed by atoms with E-state index in [2.05, 4.69) is 181 Å². The molecule has 0 radical (unpaired) electrons. The first-order valence-electron chi connectivity index (χ1n) is 15.7. The minimum Gasteiger partial charge on any atom is -0.310 e. The van der Waals surface area contributed by atoms with Crippen molar-refractivity contribution in [3.63, 3.8) is 0 Å². The summed E-state index contributed by atoms with van der Waals surface area (Å²) in [6.45, 7) is 4.69. The van der Waals surface area contributed by atoms with Crippen molar-refractivity contribution in [2.45, 2.75) is 19.3 Å². The van der Waals surface area contributed by atoms with Gasteiger partial charge in [0, 0.05) is 38.9 Å². The van der Waals surface area contributed by atoms with E-state index in [1.807, 2.05) is 0 Å². The molecule has 0 saturated heterocycles. The molecule has 1 aliphatic rings. The van der Waals surface area contributed by atoms with Gasteiger partial charge in [-0.1, -0.05) is 117 Å². The summed E-state index contributed by atoms with van der Waals surface area (Å²) < 4.78 is 2.39. The Hall–Kier alpha value is -5.60. The molecule has 7 aromatic carbocycles. The molecule has 45 heavy (non-hydrogen) atoms. The first-order valence-corrected chi connectivity index (χ1v) is 15.7. The van der Waals surface area contributed by atoms with Crippen LogP contribution in [0.5, 0.6) is 0 Å². The van der Waals surface area contributed by atoms with Crippen LogP contribution in [0, 0.1) is 0 Å². The third-order valence-corrected chi connectivity index (χ3v) is 9.75. The van der Waals surface area contributed by atoms with E-state index >= 15 is 0 Å². The molecule has 0 fully saturated rings. The number of benzene rings is 7. The van der Waals surface area contributed by atoms with Crippen molar-refractivity contribution in [3.8, 4) is 16.8 Å². The Balaban J connectivity index is 1.27. The van der Waals surface area contributed by atoms with Crippen LogP contribution in [-0.4, -0.2) is 4.57 Å². The second kappa shape index (κ2) is 9.70. The predicted octanol–water partition coefficient (Wildman–Crippen LogP) is 11.7. The van der Waals surface area contributed by atoms with Gasteiger partial charge in [0.1, 0.15) is 0 Å². The summed E-state index contributed by atoms with van der Waals surface area (Å²) in [5.41, 5.74) is 12.5. The quantitative estimate of drug-likeness (QED) is 0.202. The molecule has 0 amide bonds. The minimum absolute atomic E-state index is 0.0124. The summed E-state index contributed by atoms with van der Waals surface area (Å²) in [5, 5.41) is 5.07. The van der Waals surface area contributed by atoms with Crippen LogP contribution in [0.1, 0.15) is 25.0 Å². The van der Waals surface area contributed by atoms with Crippen LogP contribution in [0.3, 0.4) is 0 Å². The maximum Gasteiger partial charge on any atom is 0.0561 e. The summed E-state index contributed by atoms with van der Waals surface area (Å²) in [7, 11) is 0. The highest BCUT2D eigenvalue weighted by atomic mass is 15.1. The van der Waals surface area contributed by atoms with E-state index in [-0.39, 0.29) is 5.41 Å². The SMILES string of the molecule is CC1(C)c2ccccc2-c2c1ccc1cc(N(c3ccccc3)c3ccc4c5ccccc5n(-c5ccccc5)c4c3)ccc21. The molecule has 8 aromatic rings. The minimum atomic E-state index is -0.0124. The zero-order valence-electron chi connectivity index (χ0n) is 25.4. The van der Waals surface area contributed by atoms with Gasteiger partial charge < -0.3 is 9.47 Å². The van der Waals surface area contributed by atoms with Crippen LogP contribution in [0.25, 0.3) is 49.4 Å². The largest absolute Gasteiger partial charge is 0.310 e. The van der Waals surface area contributed by atoms with Crippen LogP contribution in [0.15, 0.2) is 158 Å². The molecular formula is C43H32N2. The smallest absolute Gasteiger partial charge is 0.0561 e. The standard InChI is InChI=1S/C43H32N2/c1-43(2)38-19-11-9-18-37(38)42-34-24-22-32(27-29(34)21-26-39(42)43)44(30-13-5-3-6-14-30)33-23-25-36-35-17-10-12-20-40(35)45(41(36)28-33)31-15-7-4-8-16-31/h3-28H,1-2H3. The van der Waals surface area contributed by atoms with E-state index in [4.69, 9.17) is 0 Å². The lowest BCUT2D eigenvalue weighted by atomic mass is 9.82. The van der Waals surface area contributed by atoms with Crippen molar-refractivity contribution in [3.05, 3.63) is 169 Å². The summed E-state index contributed by atoms with van der Waals surface area (Å²) in [5.74, 6) is 0. The van der Waals surface area contributed by atoms with Crippen LogP contribution in [0.2, 0.25) is 0 Å². The van der Waals surface area contributed by atoms with Crippen molar-refractivity contribution >= 4 is 49.6 Å². The molecule has 214 valence electrons. The van der Waals surface area contributed by atoms with Crippen molar-refractivity contribution < 1.29 is 0 Å². The molecular weight excluding hydrogens is 544 g/mol. The Labute approximate surface area is 263 Å². The van der Waals surface area contributed by atoms with Crippen molar-refractivity contribution in [1.82, 2.24) is 4.57 Å². The highest BCUT2D eigenvalue weighted by Gasteiger charge is 2.36. The molecule has 1 aliphatic carbocycles. The van der Waals surface area contributed by atoms with Crippen molar-refractivity contribution in [2.75, 3.05) is 4.90 Å². The number of hydrogen-bond donors (Lipinski definition) is 0. The van der Waals surface area contributed by atoms with Crippen molar-refractivity contribution in [1.29, 1.82) is 0 Å². The van der Waals surface area contributed by atoms with E-state index in [9.17, 15) is 0 Å². The molecule has 1 heterocycles. The molecule has 2 heteroatoms. The predicted molar refractivity (Wildman–Crippen MR) is 191 cm³/mol. The van der Waals surface area contributed by atoms with E-state index in [1.165, 1.54) is 54.8 Å². The number of rotatable bonds is 4. The Morgan fingerprint density at radius 3 is 1.93 bits per heavy atom. The number of hydrogen-bond acceptors (Lipinski definition) is 1. The molecule has 9 rings (SSSR count). The highest BCUT2D eigenvalue weighted by Crippen LogP contribution is 2.51. The third-order valence-electron chi connectivity index (χ3n) is 9.75. The third kappa shape index (κ3) is 3.82. The van der Waals surface area contributed by atoms with Crippen LogP contribution >= 0.6 is 0 Å². The van der Waals surface area contributed by atoms with Gasteiger partial charge in [-0.2, -0.15) is 0 Å². The van der Waals surface area contributed by atoms with Gasteiger partial charge in [-0.05, 0) is 87.6 Å². The Morgan fingerprint density at radius 1 is 0.467 bits per heavy atom. The van der Waals surface area contributed by atoms with Gasteiger partial charge in [-0.15, -0.1) is 0 Å². The monoisotopic (exact) mass is 576 g/mol. The van der Waals surface area contributed by atoms with Gasteiger partial charge in [0.25, 0.3) is 0 Å². The molecule has 0 unspecified atom stereocenters. The average Bonchev–Trinajstić information content (AvgIpc) is 3.54. The molecule has 0 aliphatic heterocycles. The van der Waals surface area contributed by atoms with Crippen LogP contribution in [-0.2, 0) is 5.41 Å². The van der Waals surface area contributed by atoms with E-state index in [0.717, 1.165) is 22.7 Å². The number of para-hydroxylation sites is 3. The first-order chi connectivity index (χ1) is 22.1. The zero-order valence-corrected chi connectivity index (χ0v) is 25.4. The second-order valence-corrected chi connectivity index (χ2v) is 12.6. The molecule has 0 bridgehead atoms. The first kappa shape index (κ1) is 25.9. The fraction of sp³-hybridized carbons (Fsp3) is 0.0698. The lowest BCUT2D eigenvalue weighted by molar-refractivity contribution is 0.661. The molecule has 0 atom stereocenters. The normalized spacial score (nSPS) is 13.3. The Bertz CT molecular complexity index is 2400. The summed E-state index contributed by atoms with van der Waals surface area (Å²) in [4.78, 5) is 2.39. The van der Waals surface area contributed by atoms with Crippen LogP contribution in [0.4, 0.5) is 17.1 Å². The number of fused-ring (bicyclic) bond motifs is 8. The zero-order chi connectivity index (χ0) is 30.1. The molecule has 1 aromatic heterocycles. The molecule has 0 N–H and O–H groups in total. The number of aromatic nitrogens is 1. The maximum absolute atomic E-state index is 2.39. The van der Waals surface area contributed by atoms with E-state index in [1.54, 1.807) is 0 Å². The molecule has 0 spiro atoms. The lowest BCUT2D eigenvalue weighted by Gasteiger charge is -2.26. The fourth-order valence-corrected chi connectivity index (χ4v) is 7.64. The highest BCUT2D eigenvalue weighted by molar-refractivity contribution is 6.10.